The zero-order valence-electron chi connectivity index (χ0n) is 5.91. The number of rotatable bonds is 2. The maximum absolute atomic E-state index is 11.7. The minimum absolute atomic E-state index is 0. The Bertz CT molecular complexity index is 75.4. The maximum atomic E-state index is 11.7. The lowest BCUT2D eigenvalue weighted by molar-refractivity contribution is -0.907. The van der Waals surface area contributed by atoms with E-state index in [0.717, 1.165) is 26.3 Å². The first-order valence-electron chi connectivity index (χ1n) is 3.41. The second-order valence-corrected chi connectivity index (χ2v) is 2.30. The van der Waals surface area contributed by atoms with Crippen LogP contribution in [-0.4, -0.2) is 39.5 Å². The predicted molar refractivity (Wildman–Crippen MR) is 32.4 cm³/mol. The average Bonchev–Trinajstić information content (AvgIpc) is 1.91. The van der Waals surface area contributed by atoms with Crippen molar-refractivity contribution in [3.05, 3.63) is 0 Å². The SMILES string of the molecule is FCC[NH+]1CCOCC1.[Cl-]. The van der Waals surface area contributed by atoms with Crippen LogP contribution in [0.15, 0.2) is 0 Å². The minimum atomic E-state index is -0.199. The normalized spacial score (nSPS) is 20.1. The van der Waals surface area contributed by atoms with Crippen molar-refractivity contribution in [2.75, 3.05) is 39.5 Å². The molecule has 0 aromatic carbocycles. The Morgan fingerprint density at radius 1 is 1.30 bits per heavy atom. The Balaban J connectivity index is 0.000000810. The molecule has 0 spiro atoms. The number of quaternary nitrogens is 1. The second kappa shape index (κ2) is 5.89. The van der Waals surface area contributed by atoms with Gasteiger partial charge in [0.25, 0.3) is 0 Å². The predicted octanol–water partition coefficient (Wildman–Crippen LogP) is -4.12. The third-order valence-electron chi connectivity index (χ3n) is 1.65. The molecule has 0 saturated carbocycles. The Morgan fingerprint density at radius 3 is 2.40 bits per heavy atom. The first kappa shape index (κ1) is 10.1. The first-order chi connectivity index (χ1) is 4.43. The van der Waals surface area contributed by atoms with Crippen molar-refractivity contribution < 1.29 is 26.4 Å². The van der Waals surface area contributed by atoms with Crippen LogP contribution in [0, 0.1) is 0 Å². The van der Waals surface area contributed by atoms with E-state index >= 15 is 0 Å². The summed E-state index contributed by atoms with van der Waals surface area (Å²) in [5.41, 5.74) is 0. The summed E-state index contributed by atoms with van der Waals surface area (Å²) in [6.07, 6.45) is 0. The van der Waals surface area contributed by atoms with Gasteiger partial charge in [0.15, 0.2) is 0 Å². The molecule has 1 fully saturated rings. The number of hydrogen-bond acceptors (Lipinski definition) is 1. The van der Waals surface area contributed by atoms with Gasteiger partial charge in [0.05, 0.1) is 13.2 Å². The van der Waals surface area contributed by atoms with Crippen molar-refractivity contribution in [1.29, 1.82) is 0 Å². The highest BCUT2D eigenvalue weighted by molar-refractivity contribution is 4.38. The van der Waals surface area contributed by atoms with Gasteiger partial charge in [-0.15, -0.1) is 0 Å². The van der Waals surface area contributed by atoms with E-state index in [1.807, 2.05) is 0 Å². The highest BCUT2D eigenvalue weighted by Gasteiger charge is 2.11. The van der Waals surface area contributed by atoms with E-state index < -0.39 is 0 Å². The van der Waals surface area contributed by atoms with E-state index in [2.05, 4.69) is 0 Å². The first-order valence-corrected chi connectivity index (χ1v) is 3.41. The molecule has 2 nitrogen and oxygen atoms in total. The molecule has 1 saturated heterocycles. The minimum Gasteiger partial charge on any atom is -1.00 e. The van der Waals surface area contributed by atoms with E-state index in [4.69, 9.17) is 4.74 Å². The molecule has 1 aliphatic rings. The van der Waals surface area contributed by atoms with Crippen molar-refractivity contribution in [2.45, 2.75) is 0 Å². The van der Waals surface area contributed by atoms with Crippen LogP contribution >= 0.6 is 0 Å². The van der Waals surface area contributed by atoms with Gasteiger partial charge in [-0.25, -0.2) is 4.39 Å². The van der Waals surface area contributed by atoms with Crippen molar-refractivity contribution in [3.8, 4) is 0 Å². The Kier molecular flexibility index (Phi) is 5.97. The lowest BCUT2D eigenvalue weighted by Crippen LogP contribution is -3.14. The summed E-state index contributed by atoms with van der Waals surface area (Å²) in [6.45, 7) is 4.01. The summed E-state index contributed by atoms with van der Waals surface area (Å²) in [6, 6.07) is 0. The van der Waals surface area contributed by atoms with E-state index in [0.29, 0.717) is 6.54 Å². The van der Waals surface area contributed by atoms with Crippen LogP contribution in [0.3, 0.4) is 0 Å². The topological polar surface area (TPSA) is 13.7 Å². The van der Waals surface area contributed by atoms with Gasteiger partial charge in [-0.3, -0.25) is 0 Å². The molecular formula is C6H13ClFNO. The van der Waals surface area contributed by atoms with Crippen molar-refractivity contribution in [3.63, 3.8) is 0 Å². The zero-order chi connectivity index (χ0) is 6.53. The van der Waals surface area contributed by atoms with Crippen LogP contribution in [-0.2, 0) is 4.74 Å². The Morgan fingerprint density at radius 2 is 1.90 bits per heavy atom. The number of ether oxygens (including phenoxy) is 1. The Labute approximate surface area is 66.8 Å². The fourth-order valence-electron chi connectivity index (χ4n) is 1.04. The van der Waals surface area contributed by atoms with E-state index in [-0.39, 0.29) is 19.1 Å². The van der Waals surface area contributed by atoms with Gasteiger partial charge in [-0.05, 0) is 0 Å². The molecule has 1 aliphatic heterocycles. The third kappa shape index (κ3) is 3.34. The summed E-state index contributed by atoms with van der Waals surface area (Å²) in [5.74, 6) is 0. The van der Waals surface area contributed by atoms with Crippen LogP contribution in [0.4, 0.5) is 4.39 Å². The number of alkyl halides is 1. The molecule has 0 aliphatic carbocycles. The molecule has 1 N–H and O–H groups in total. The standard InChI is InChI=1S/C6H12FNO.ClH/c7-1-2-8-3-5-9-6-4-8;/h1-6H2;1H. The molecule has 0 aromatic rings. The van der Waals surface area contributed by atoms with Crippen molar-refractivity contribution >= 4 is 0 Å². The van der Waals surface area contributed by atoms with Gasteiger partial charge >= 0.3 is 0 Å². The van der Waals surface area contributed by atoms with Gasteiger partial charge in [-0.1, -0.05) is 0 Å². The van der Waals surface area contributed by atoms with Crippen LogP contribution in [0.1, 0.15) is 0 Å². The summed E-state index contributed by atoms with van der Waals surface area (Å²) < 4.78 is 16.8. The largest absolute Gasteiger partial charge is 1.00 e. The average molecular weight is 170 g/mol. The summed E-state index contributed by atoms with van der Waals surface area (Å²) in [4.78, 5) is 1.34. The molecule has 0 aromatic heterocycles. The number of nitrogens with one attached hydrogen (secondary N) is 1. The molecule has 1 heterocycles. The zero-order valence-corrected chi connectivity index (χ0v) is 6.66. The monoisotopic (exact) mass is 169 g/mol. The number of hydrogen-bond donors (Lipinski definition) is 1. The molecule has 0 atom stereocenters. The third-order valence-corrected chi connectivity index (χ3v) is 1.65. The number of morpholine rings is 1. The summed E-state index contributed by atoms with van der Waals surface area (Å²) in [5, 5.41) is 0. The van der Waals surface area contributed by atoms with Crippen molar-refractivity contribution in [1.82, 2.24) is 0 Å². The fraction of sp³-hybridized carbons (Fsp3) is 1.00. The smallest absolute Gasteiger partial charge is 0.138 e. The number of halogens is 2. The summed E-state index contributed by atoms with van der Waals surface area (Å²) in [7, 11) is 0. The van der Waals surface area contributed by atoms with Crippen molar-refractivity contribution in [2.24, 2.45) is 0 Å². The quantitative estimate of drug-likeness (QED) is 0.444. The lowest BCUT2D eigenvalue weighted by Gasteiger charge is -2.22. The van der Waals surface area contributed by atoms with Crippen LogP contribution in [0.25, 0.3) is 0 Å². The molecule has 0 bridgehead atoms. The second-order valence-electron chi connectivity index (χ2n) is 2.30. The van der Waals surface area contributed by atoms with Gasteiger partial charge < -0.3 is 22.0 Å². The van der Waals surface area contributed by atoms with E-state index in [1.165, 1.54) is 4.90 Å². The van der Waals surface area contributed by atoms with Gasteiger partial charge in [-0.2, -0.15) is 0 Å². The maximum Gasteiger partial charge on any atom is 0.138 e. The molecule has 62 valence electrons. The molecular weight excluding hydrogens is 157 g/mol. The molecule has 0 radical (unpaired) electrons. The molecule has 0 unspecified atom stereocenters. The fourth-order valence-corrected chi connectivity index (χ4v) is 1.04. The highest BCUT2D eigenvalue weighted by atomic mass is 35.5. The summed E-state index contributed by atoms with van der Waals surface area (Å²) >= 11 is 0. The Hall–Kier alpha value is 0.140. The molecule has 4 heteroatoms. The van der Waals surface area contributed by atoms with Crippen LogP contribution in [0.2, 0.25) is 0 Å². The van der Waals surface area contributed by atoms with E-state index in [9.17, 15) is 4.39 Å². The van der Waals surface area contributed by atoms with Crippen LogP contribution < -0.4 is 17.3 Å². The molecule has 1 rings (SSSR count). The molecule has 10 heavy (non-hydrogen) atoms. The van der Waals surface area contributed by atoms with E-state index in [1.54, 1.807) is 0 Å². The van der Waals surface area contributed by atoms with Crippen LogP contribution in [0.5, 0.6) is 0 Å². The van der Waals surface area contributed by atoms with Gasteiger partial charge in [0.2, 0.25) is 0 Å². The van der Waals surface area contributed by atoms with Gasteiger partial charge in [0.1, 0.15) is 26.3 Å². The van der Waals surface area contributed by atoms with Gasteiger partial charge in [0, 0.05) is 0 Å². The highest BCUT2D eigenvalue weighted by Crippen LogP contribution is 1.74. The lowest BCUT2D eigenvalue weighted by atomic mass is 10.4. The molecule has 0 amide bonds.